The van der Waals surface area contributed by atoms with E-state index in [2.05, 4.69) is 44.3 Å². The highest BCUT2D eigenvalue weighted by Gasteiger charge is 2.62. The second-order valence-corrected chi connectivity index (χ2v) is 17.5. The Morgan fingerprint density at radius 1 is 1.06 bits per heavy atom. The number of aryl methyl sites for hydroxylation is 1. The maximum atomic E-state index is 14.8. The van der Waals surface area contributed by atoms with Crippen LogP contribution < -0.4 is 15.4 Å². The standard InChI is InChI=1S/C38H47N7O8S/c1-2-26-19-38(26,35(48)43-54(50,51)28-16-17-28)40-33(46)30-18-27-21-45(30)34(47)32(24-11-6-3-7-12-24)39-36-42-41-31(53-36)15-8-4-5-10-23-13-9-14-25-20-44(22-29(23)25)37(49)52-27/h2,5,9-10,13-14,24,26-28,30,32H,1,3-4,6-8,11-12,15-22H2,(H,39,42)(H,40,46)(H,43,48)/b10-5+/t26-,27-,30+,32+,38-/m1/s1. The van der Waals surface area contributed by atoms with Crippen molar-refractivity contribution in [3.05, 3.63) is 59.5 Å². The molecule has 0 radical (unpaired) electrons. The first-order valence-electron chi connectivity index (χ1n) is 19.2. The Labute approximate surface area is 314 Å². The summed E-state index contributed by atoms with van der Waals surface area (Å²) >= 11 is 0. The predicted octanol–water partition coefficient (Wildman–Crippen LogP) is 3.57. The van der Waals surface area contributed by atoms with Crippen molar-refractivity contribution in [2.75, 3.05) is 11.9 Å². The van der Waals surface area contributed by atoms with Gasteiger partial charge in [0.1, 0.15) is 23.7 Å². The van der Waals surface area contributed by atoms with Gasteiger partial charge in [0.25, 0.3) is 5.91 Å². The number of ether oxygens (including phenoxy) is 1. The maximum absolute atomic E-state index is 14.8. The van der Waals surface area contributed by atoms with Crippen LogP contribution in [0.1, 0.15) is 93.2 Å². The van der Waals surface area contributed by atoms with Crippen LogP contribution in [0.3, 0.4) is 0 Å². The normalized spacial score (nSPS) is 29.5. The molecule has 3 aliphatic carbocycles. The van der Waals surface area contributed by atoms with Gasteiger partial charge in [-0.15, -0.1) is 11.7 Å². The fourth-order valence-corrected chi connectivity index (χ4v) is 9.86. The van der Waals surface area contributed by atoms with Crippen LogP contribution in [-0.4, -0.2) is 87.8 Å². The topological polar surface area (TPSA) is 193 Å². The van der Waals surface area contributed by atoms with Crippen molar-refractivity contribution in [1.29, 1.82) is 0 Å². The molecule has 3 N–H and O–H groups in total. The van der Waals surface area contributed by atoms with Crippen LogP contribution in [0.25, 0.3) is 6.08 Å². The molecule has 8 rings (SSSR count). The number of carbonyl (C=O) groups is 4. The number of rotatable bonds is 7. The first-order valence-corrected chi connectivity index (χ1v) is 20.7. The van der Waals surface area contributed by atoms with Crippen molar-refractivity contribution >= 4 is 45.9 Å². The van der Waals surface area contributed by atoms with Gasteiger partial charge in [0, 0.05) is 25.3 Å². The highest BCUT2D eigenvalue weighted by molar-refractivity contribution is 7.91. The average Bonchev–Trinajstić information content (AvgIpc) is 3.98. The van der Waals surface area contributed by atoms with Gasteiger partial charge in [-0.3, -0.25) is 24.0 Å². The van der Waals surface area contributed by atoms with Gasteiger partial charge in [-0.1, -0.05) is 60.8 Å². The third-order valence-electron chi connectivity index (χ3n) is 11.8. The third-order valence-corrected chi connectivity index (χ3v) is 13.7. The summed E-state index contributed by atoms with van der Waals surface area (Å²) in [5.74, 6) is -2.01. The Hall–Kier alpha value is -4.73. The lowest BCUT2D eigenvalue weighted by molar-refractivity contribution is -0.141. The summed E-state index contributed by atoms with van der Waals surface area (Å²) in [6, 6.07) is 4.15. The molecule has 16 heteroatoms. The van der Waals surface area contributed by atoms with Gasteiger partial charge >= 0.3 is 12.1 Å². The zero-order valence-electron chi connectivity index (χ0n) is 30.2. The van der Waals surface area contributed by atoms with Crippen molar-refractivity contribution in [3.8, 4) is 0 Å². The molecule has 6 bridgehead atoms. The molecule has 3 aliphatic heterocycles. The number of nitrogens with zero attached hydrogens (tertiary/aromatic N) is 4. The molecule has 3 saturated carbocycles. The number of benzene rings is 1. The number of amides is 4. The maximum Gasteiger partial charge on any atom is 0.410 e. The van der Waals surface area contributed by atoms with Gasteiger partial charge < -0.3 is 24.7 Å². The van der Waals surface area contributed by atoms with Crippen molar-refractivity contribution in [1.82, 2.24) is 30.0 Å². The van der Waals surface area contributed by atoms with E-state index in [0.717, 1.165) is 61.6 Å². The average molecular weight is 762 g/mol. The highest BCUT2D eigenvalue weighted by atomic mass is 32.2. The smallest absolute Gasteiger partial charge is 0.410 e. The van der Waals surface area contributed by atoms with E-state index in [-0.39, 0.29) is 37.2 Å². The predicted molar refractivity (Wildman–Crippen MR) is 196 cm³/mol. The lowest BCUT2D eigenvalue weighted by atomic mass is 9.83. The fourth-order valence-electron chi connectivity index (χ4n) is 8.50. The van der Waals surface area contributed by atoms with Crippen LogP contribution in [0.5, 0.6) is 0 Å². The first-order chi connectivity index (χ1) is 26.0. The molecule has 6 aliphatic rings. The van der Waals surface area contributed by atoms with Crippen molar-refractivity contribution in [2.45, 2.75) is 119 Å². The van der Waals surface area contributed by atoms with Gasteiger partial charge in [-0.2, -0.15) is 0 Å². The Bertz CT molecular complexity index is 1970. The number of hydrogen-bond donors (Lipinski definition) is 3. The summed E-state index contributed by atoms with van der Waals surface area (Å²) in [4.78, 5) is 59.4. The van der Waals surface area contributed by atoms with E-state index < -0.39 is 62.8 Å². The molecule has 4 heterocycles. The molecule has 1 aromatic carbocycles. The monoisotopic (exact) mass is 761 g/mol. The zero-order valence-corrected chi connectivity index (χ0v) is 31.0. The van der Waals surface area contributed by atoms with Gasteiger partial charge in [0.15, 0.2) is 0 Å². The lowest BCUT2D eigenvalue weighted by Gasteiger charge is -2.34. The van der Waals surface area contributed by atoms with Gasteiger partial charge in [-0.05, 0) is 67.6 Å². The summed E-state index contributed by atoms with van der Waals surface area (Å²) in [5.41, 5.74) is 1.54. The molecule has 5 atom stereocenters. The molecular formula is C38H47N7O8S. The number of allylic oxidation sites excluding steroid dienone is 1. The number of nitrogens with one attached hydrogen (secondary N) is 3. The van der Waals surface area contributed by atoms with Crippen LogP contribution in [0.15, 0.2) is 41.3 Å². The summed E-state index contributed by atoms with van der Waals surface area (Å²) in [5, 5.41) is 13.9. The molecule has 288 valence electrons. The number of anilines is 1. The van der Waals surface area contributed by atoms with E-state index in [1.165, 1.54) is 11.0 Å². The van der Waals surface area contributed by atoms with Gasteiger partial charge in [0.05, 0.1) is 18.3 Å². The van der Waals surface area contributed by atoms with E-state index in [0.29, 0.717) is 38.2 Å². The summed E-state index contributed by atoms with van der Waals surface area (Å²) in [6.07, 6.45) is 11.9. The largest absolute Gasteiger partial charge is 0.444 e. The Balaban J connectivity index is 1.09. The van der Waals surface area contributed by atoms with E-state index >= 15 is 0 Å². The van der Waals surface area contributed by atoms with Crippen LogP contribution in [0, 0.1) is 11.8 Å². The highest BCUT2D eigenvalue weighted by Crippen LogP contribution is 2.45. The van der Waals surface area contributed by atoms with Crippen LogP contribution in [0.4, 0.5) is 10.8 Å². The van der Waals surface area contributed by atoms with Crippen LogP contribution in [0.2, 0.25) is 0 Å². The molecule has 4 amide bonds. The molecule has 4 fully saturated rings. The second-order valence-electron chi connectivity index (χ2n) is 15.6. The minimum Gasteiger partial charge on any atom is -0.444 e. The van der Waals surface area contributed by atoms with Crippen molar-refractivity contribution in [3.63, 3.8) is 0 Å². The van der Waals surface area contributed by atoms with E-state index in [9.17, 15) is 27.6 Å². The molecule has 1 saturated heterocycles. The van der Waals surface area contributed by atoms with E-state index in [1.807, 2.05) is 18.2 Å². The first kappa shape index (κ1) is 36.3. The number of hydrogen-bond acceptors (Lipinski definition) is 11. The van der Waals surface area contributed by atoms with E-state index in [1.54, 1.807) is 4.90 Å². The molecule has 2 aromatic rings. The Morgan fingerprint density at radius 2 is 1.87 bits per heavy atom. The number of carbonyl (C=O) groups excluding carboxylic acids is 4. The fraction of sp³-hybridized carbons (Fsp3) is 0.579. The lowest BCUT2D eigenvalue weighted by Crippen LogP contribution is -2.58. The Kier molecular flexibility index (Phi) is 9.73. The van der Waals surface area contributed by atoms with E-state index in [4.69, 9.17) is 9.15 Å². The number of aromatic nitrogens is 2. The summed E-state index contributed by atoms with van der Waals surface area (Å²) < 4.78 is 39.7. The molecule has 1 aromatic heterocycles. The third kappa shape index (κ3) is 7.23. The van der Waals surface area contributed by atoms with Gasteiger partial charge in [0.2, 0.25) is 27.7 Å². The molecule has 54 heavy (non-hydrogen) atoms. The number of fused-ring (bicyclic) bond motifs is 5. The second kappa shape index (κ2) is 14.5. The van der Waals surface area contributed by atoms with Crippen molar-refractivity contribution < 1.29 is 36.7 Å². The van der Waals surface area contributed by atoms with Gasteiger partial charge in [-0.25, -0.2) is 13.2 Å². The zero-order chi connectivity index (χ0) is 37.6. The quantitative estimate of drug-likeness (QED) is 0.350. The SMILES string of the molecule is C=C[C@@H]1C[C@]1(NC(=O)[C@@H]1C[C@@H]2CN1C(=O)[C@H](C1CCCCC1)Nc1nnc(o1)CCC/C=C/c1cccc3c1CN(C3)C(=O)O2)C(=O)NS(=O)(=O)C1CC1. The molecule has 0 unspecified atom stereocenters. The Morgan fingerprint density at radius 3 is 2.63 bits per heavy atom. The summed E-state index contributed by atoms with van der Waals surface area (Å²) in [6.45, 7) is 4.46. The molecular weight excluding hydrogens is 715 g/mol. The summed E-state index contributed by atoms with van der Waals surface area (Å²) in [7, 11) is -3.89. The molecule has 15 nitrogen and oxygen atoms in total. The minimum absolute atomic E-state index is 0.0169. The van der Waals surface area contributed by atoms with Crippen LogP contribution >= 0.6 is 0 Å². The minimum atomic E-state index is -3.89. The molecule has 0 spiro atoms. The van der Waals surface area contributed by atoms with Crippen molar-refractivity contribution in [2.24, 2.45) is 11.8 Å². The van der Waals surface area contributed by atoms with Crippen LogP contribution in [-0.2, 0) is 48.7 Å². The number of sulfonamides is 1.